The Morgan fingerprint density at radius 3 is 2.87 bits per heavy atom. The summed E-state index contributed by atoms with van der Waals surface area (Å²) in [4.78, 5) is 15.4. The molecule has 5 heteroatoms. The summed E-state index contributed by atoms with van der Waals surface area (Å²) in [5, 5.41) is 14.9. The third-order valence-corrected chi connectivity index (χ3v) is 3.68. The zero-order valence-electron chi connectivity index (χ0n) is 8.62. The van der Waals surface area contributed by atoms with Gasteiger partial charge in [-0.25, -0.2) is 9.78 Å². The minimum absolute atomic E-state index is 0.698. The number of anilines is 1. The van der Waals surface area contributed by atoms with E-state index in [-0.39, 0.29) is 0 Å². The second kappa shape index (κ2) is 3.81. The second-order valence-corrected chi connectivity index (χ2v) is 4.72. The average molecular weight is 226 g/mol. The highest BCUT2D eigenvalue weighted by Crippen LogP contribution is 2.36. The van der Waals surface area contributed by atoms with Crippen LogP contribution in [0.3, 0.4) is 0 Å². The van der Waals surface area contributed by atoms with Crippen molar-refractivity contribution in [3.05, 3.63) is 11.1 Å². The molecule has 1 saturated carbocycles. The first-order chi connectivity index (χ1) is 7.16. The van der Waals surface area contributed by atoms with Crippen LogP contribution in [0.2, 0.25) is 0 Å². The first kappa shape index (κ1) is 10.4. The summed E-state index contributed by atoms with van der Waals surface area (Å²) in [6.45, 7) is 2.04. The van der Waals surface area contributed by atoms with E-state index in [1.165, 1.54) is 11.3 Å². The second-order valence-electron chi connectivity index (χ2n) is 3.86. The molecular weight excluding hydrogens is 212 g/mol. The van der Waals surface area contributed by atoms with E-state index in [0.29, 0.717) is 12.8 Å². The number of nitrogens with zero attached hydrogens (tertiary/aromatic N) is 1. The molecule has 1 aromatic heterocycles. The maximum absolute atomic E-state index is 11.1. The molecule has 0 unspecified atom stereocenters. The molecule has 2 N–H and O–H groups in total. The van der Waals surface area contributed by atoms with Crippen molar-refractivity contribution in [3.8, 4) is 0 Å². The summed E-state index contributed by atoms with van der Waals surface area (Å²) < 4.78 is 0. The van der Waals surface area contributed by atoms with Gasteiger partial charge in [-0.05, 0) is 25.7 Å². The van der Waals surface area contributed by atoms with Crippen molar-refractivity contribution in [2.45, 2.75) is 38.1 Å². The van der Waals surface area contributed by atoms with Crippen molar-refractivity contribution in [1.82, 2.24) is 4.98 Å². The molecule has 1 aliphatic carbocycles. The number of hydrogen-bond acceptors (Lipinski definition) is 4. The minimum atomic E-state index is -0.762. The Labute approximate surface area is 92.3 Å². The highest BCUT2D eigenvalue weighted by Gasteiger charge is 2.44. The quantitative estimate of drug-likeness (QED) is 0.825. The van der Waals surface area contributed by atoms with Crippen LogP contribution in [0.4, 0.5) is 5.13 Å². The van der Waals surface area contributed by atoms with Crippen LogP contribution in [0.15, 0.2) is 5.38 Å². The van der Waals surface area contributed by atoms with E-state index in [0.717, 1.165) is 23.7 Å². The monoisotopic (exact) mass is 226 g/mol. The van der Waals surface area contributed by atoms with Crippen LogP contribution < -0.4 is 5.32 Å². The molecular formula is C10H14N2O2S. The number of nitrogens with one attached hydrogen (secondary N) is 1. The number of carboxylic acids is 1. The Morgan fingerprint density at radius 2 is 2.47 bits per heavy atom. The van der Waals surface area contributed by atoms with E-state index in [2.05, 4.69) is 10.3 Å². The largest absolute Gasteiger partial charge is 0.480 e. The molecule has 0 radical (unpaired) electrons. The molecule has 0 spiro atoms. The molecule has 1 fully saturated rings. The van der Waals surface area contributed by atoms with Crippen molar-refractivity contribution in [3.63, 3.8) is 0 Å². The molecule has 0 atom stereocenters. The van der Waals surface area contributed by atoms with Gasteiger partial charge >= 0.3 is 5.97 Å². The summed E-state index contributed by atoms with van der Waals surface area (Å²) in [6.07, 6.45) is 3.26. The van der Waals surface area contributed by atoms with Crippen LogP contribution in [0.5, 0.6) is 0 Å². The van der Waals surface area contributed by atoms with Gasteiger partial charge in [0.1, 0.15) is 5.54 Å². The van der Waals surface area contributed by atoms with Crippen LogP contribution in [0.1, 0.15) is 31.9 Å². The lowest BCUT2D eigenvalue weighted by Crippen LogP contribution is -2.52. The Balaban J connectivity index is 2.10. The van der Waals surface area contributed by atoms with Gasteiger partial charge in [-0.2, -0.15) is 0 Å². The van der Waals surface area contributed by atoms with Crippen molar-refractivity contribution < 1.29 is 9.90 Å². The molecule has 0 aliphatic heterocycles. The number of hydrogen-bond donors (Lipinski definition) is 2. The van der Waals surface area contributed by atoms with Gasteiger partial charge in [0, 0.05) is 5.38 Å². The average Bonchev–Trinajstić information content (AvgIpc) is 2.58. The van der Waals surface area contributed by atoms with Crippen LogP contribution in [-0.2, 0) is 11.2 Å². The standard InChI is InChI=1S/C10H14N2O2S/c1-2-7-6-15-9(11-7)12-10(8(13)14)4-3-5-10/h6H,2-5H2,1H3,(H,11,12)(H,13,14). The van der Waals surface area contributed by atoms with Crippen LogP contribution in [0.25, 0.3) is 0 Å². The predicted molar refractivity (Wildman–Crippen MR) is 59.3 cm³/mol. The lowest BCUT2D eigenvalue weighted by atomic mass is 9.77. The summed E-state index contributed by atoms with van der Waals surface area (Å²) in [5.74, 6) is -0.762. The number of thiazole rings is 1. The maximum atomic E-state index is 11.1. The van der Waals surface area contributed by atoms with Gasteiger partial charge in [-0.15, -0.1) is 11.3 Å². The molecule has 82 valence electrons. The van der Waals surface area contributed by atoms with Crippen LogP contribution in [-0.4, -0.2) is 21.6 Å². The highest BCUT2D eigenvalue weighted by atomic mass is 32.1. The fourth-order valence-corrected chi connectivity index (χ4v) is 2.55. The maximum Gasteiger partial charge on any atom is 0.329 e. The van der Waals surface area contributed by atoms with E-state index in [4.69, 9.17) is 5.11 Å². The van der Waals surface area contributed by atoms with Crippen LogP contribution >= 0.6 is 11.3 Å². The van der Waals surface area contributed by atoms with Crippen molar-refractivity contribution >= 4 is 22.4 Å². The molecule has 1 aromatic rings. The fourth-order valence-electron chi connectivity index (χ4n) is 1.65. The van der Waals surface area contributed by atoms with Gasteiger partial charge in [-0.1, -0.05) is 6.92 Å². The van der Waals surface area contributed by atoms with E-state index in [1.807, 2.05) is 12.3 Å². The number of carboxylic acid groups (broad SMARTS) is 1. The Morgan fingerprint density at radius 1 is 1.73 bits per heavy atom. The molecule has 2 rings (SSSR count). The molecule has 15 heavy (non-hydrogen) atoms. The number of aromatic nitrogens is 1. The zero-order valence-corrected chi connectivity index (χ0v) is 9.43. The van der Waals surface area contributed by atoms with Gasteiger partial charge in [-0.3, -0.25) is 0 Å². The lowest BCUT2D eigenvalue weighted by molar-refractivity contribution is -0.145. The number of rotatable bonds is 4. The predicted octanol–water partition coefficient (Wildman–Crippen LogP) is 2.12. The van der Waals surface area contributed by atoms with Gasteiger partial charge in [0.05, 0.1) is 5.69 Å². The van der Waals surface area contributed by atoms with E-state index >= 15 is 0 Å². The van der Waals surface area contributed by atoms with E-state index in [1.54, 1.807) is 0 Å². The van der Waals surface area contributed by atoms with Crippen molar-refractivity contribution in [2.24, 2.45) is 0 Å². The van der Waals surface area contributed by atoms with Gasteiger partial charge in [0.15, 0.2) is 5.13 Å². The third kappa shape index (κ3) is 1.84. The molecule has 0 amide bonds. The Hall–Kier alpha value is -1.10. The molecule has 0 saturated heterocycles. The Kier molecular flexibility index (Phi) is 2.65. The van der Waals surface area contributed by atoms with Gasteiger partial charge in [0.25, 0.3) is 0 Å². The van der Waals surface area contributed by atoms with Crippen LogP contribution in [0, 0.1) is 0 Å². The summed E-state index contributed by atoms with van der Waals surface area (Å²) >= 11 is 1.48. The molecule has 0 bridgehead atoms. The zero-order chi connectivity index (χ0) is 10.9. The fraction of sp³-hybridized carbons (Fsp3) is 0.600. The summed E-state index contributed by atoms with van der Waals surface area (Å²) in [5.41, 5.74) is 0.269. The molecule has 0 aromatic carbocycles. The Bertz CT molecular complexity index is 371. The third-order valence-electron chi connectivity index (χ3n) is 2.88. The molecule has 4 nitrogen and oxygen atoms in total. The van der Waals surface area contributed by atoms with Gasteiger partial charge < -0.3 is 10.4 Å². The number of carbonyl (C=O) groups is 1. The first-order valence-electron chi connectivity index (χ1n) is 5.12. The normalized spacial score (nSPS) is 18.2. The summed E-state index contributed by atoms with van der Waals surface area (Å²) in [6, 6.07) is 0. The van der Waals surface area contributed by atoms with Crippen molar-refractivity contribution in [2.75, 3.05) is 5.32 Å². The number of aliphatic carboxylic acids is 1. The molecule has 1 aliphatic rings. The molecule has 1 heterocycles. The lowest BCUT2D eigenvalue weighted by Gasteiger charge is -2.38. The topological polar surface area (TPSA) is 62.2 Å². The van der Waals surface area contributed by atoms with E-state index in [9.17, 15) is 4.79 Å². The highest BCUT2D eigenvalue weighted by molar-refractivity contribution is 7.13. The van der Waals surface area contributed by atoms with E-state index < -0.39 is 11.5 Å². The summed E-state index contributed by atoms with van der Waals surface area (Å²) in [7, 11) is 0. The SMILES string of the molecule is CCc1csc(NC2(C(=O)O)CCC2)n1. The minimum Gasteiger partial charge on any atom is -0.480 e. The van der Waals surface area contributed by atoms with Gasteiger partial charge in [0.2, 0.25) is 0 Å². The number of aryl methyl sites for hydroxylation is 1. The smallest absolute Gasteiger partial charge is 0.329 e. The van der Waals surface area contributed by atoms with Crippen molar-refractivity contribution in [1.29, 1.82) is 0 Å². The first-order valence-corrected chi connectivity index (χ1v) is 6.00.